The summed E-state index contributed by atoms with van der Waals surface area (Å²) in [6.07, 6.45) is 5.97. The van der Waals surface area contributed by atoms with E-state index in [1.54, 1.807) is 17.4 Å². The van der Waals surface area contributed by atoms with Gasteiger partial charge in [-0.15, -0.1) is 11.3 Å². The van der Waals surface area contributed by atoms with Gasteiger partial charge in [0.1, 0.15) is 11.6 Å². The Kier molecular flexibility index (Phi) is 5.49. The lowest BCUT2D eigenvalue weighted by molar-refractivity contribution is 0.651. The minimum Gasteiger partial charge on any atom is -0.435 e. The van der Waals surface area contributed by atoms with Gasteiger partial charge in [0.15, 0.2) is 16.6 Å². The van der Waals surface area contributed by atoms with Crippen LogP contribution in [0.2, 0.25) is 5.15 Å². The van der Waals surface area contributed by atoms with Crippen LogP contribution in [0.15, 0.2) is 95.9 Å². The lowest BCUT2D eigenvalue weighted by atomic mass is 9.98. The molecule has 9 rings (SSSR count). The first-order valence-corrected chi connectivity index (χ1v) is 15.7. The van der Waals surface area contributed by atoms with Crippen molar-refractivity contribution in [2.24, 2.45) is 0 Å². The highest BCUT2D eigenvalue weighted by Gasteiger charge is 2.24. The zero-order valence-corrected chi connectivity index (χ0v) is 25.5. The summed E-state index contributed by atoms with van der Waals surface area (Å²) >= 11 is 8.79. The minimum absolute atomic E-state index is 0.207. The molecule has 0 radical (unpaired) electrons. The fraction of sp³-hybridized carbons (Fsp3) is 0.0263. The van der Waals surface area contributed by atoms with Crippen molar-refractivity contribution < 1.29 is 4.42 Å². The van der Waals surface area contributed by atoms with Crippen LogP contribution in [0.25, 0.3) is 92.8 Å². The summed E-state index contributed by atoms with van der Waals surface area (Å²) in [7, 11) is 0. The van der Waals surface area contributed by atoms with Crippen molar-refractivity contribution in [3.05, 3.63) is 113 Å². The molecule has 0 saturated heterocycles. The molecular weight excluding hydrogens is 596 g/mol. The number of hydrogen-bond donors (Lipinski definition) is 0. The van der Waals surface area contributed by atoms with E-state index in [2.05, 4.69) is 95.0 Å². The Morgan fingerprint density at radius 1 is 0.911 bits per heavy atom. The molecule has 0 amide bonds. The van der Waals surface area contributed by atoms with Crippen LogP contribution in [0, 0.1) is 11.3 Å². The molecule has 0 unspecified atom stereocenters. The molecular formula is C38H21ClN4OS. The molecule has 212 valence electrons. The number of nitrogens with zero attached hydrogens (tertiary/aromatic N) is 4. The van der Waals surface area contributed by atoms with E-state index in [1.165, 1.54) is 31.6 Å². The number of halogens is 1. The van der Waals surface area contributed by atoms with Gasteiger partial charge in [-0.2, -0.15) is 10.2 Å². The fourth-order valence-corrected chi connectivity index (χ4v) is 8.31. The maximum absolute atomic E-state index is 9.70. The highest BCUT2D eigenvalue weighted by molar-refractivity contribution is 7.27. The molecule has 5 nitrogen and oxygen atoms in total. The van der Waals surface area contributed by atoms with E-state index in [0.29, 0.717) is 28.2 Å². The standard InChI is InChI=1S/C38H21ClN4OS/c1-3-10-25-28(4-2)43(37-36(39)42-38-32(41-37)26-16-9-13-22(19-40)34(26)44-38)33-30(25)23-14-7-8-15-24(23)31-27-17-20-11-5-6-12-21(20)18-29(27)45-35(31)33/h3-18H,1H2,2H3/b25-10+,28-4+. The monoisotopic (exact) mass is 616 g/mol. The summed E-state index contributed by atoms with van der Waals surface area (Å²) < 4.78 is 10.5. The second kappa shape index (κ2) is 9.51. The smallest absolute Gasteiger partial charge is 0.247 e. The number of hydrogen-bond acceptors (Lipinski definition) is 5. The molecule has 7 heteroatoms. The first kappa shape index (κ1) is 26.0. The van der Waals surface area contributed by atoms with Crippen molar-refractivity contribution in [2.45, 2.75) is 6.92 Å². The number of fused-ring (bicyclic) bond motifs is 12. The zero-order chi connectivity index (χ0) is 30.4. The Morgan fingerprint density at radius 3 is 2.40 bits per heavy atom. The summed E-state index contributed by atoms with van der Waals surface area (Å²) in [6, 6.07) is 29.3. The van der Waals surface area contributed by atoms with Crippen molar-refractivity contribution in [2.75, 3.05) is 0 Å². The van der Waals surface area contributed by atoms with Crippen LogP contribution < -0.4 is 10.6 Å². The van der Waals surface area contributed by atoms with Crippen LogP contribution in [-0.4, -0.2) is 14.5 Å². The van der Waals surface area contributed by atoms with Crippen LogP contribution in [0.4, 0.5) is 0 Å². The average Bonchev–Trinajstić information content (AvgIpc) is 3.72. The molecule has 0 aliphatic rings. The van der Waals surface area contributed by atoms with E-state index >= 15 is 0 Å². The molecule has 45 heavy (non-hydrogen) atoms. The van der Waals surface area contributed by atoms with Crippen LogP contribution >= 0.6 is 22.9 Å². The lowest BCUT2D eigenvalue weighted by Crippen LogP contribution is -2.28. The van der Waals surface area contributed by atoms with Gasteiger partial charge in [-0.05, 0) is 52.7 Å². The molecule has 0 saturated carbocycles. The number of furan rings is 1. The first-order chi connectivity index (χ1) is 22.1. The van der Waals surface area contributed by atoms with Gasteiger partial charge in [-0.1, -0.05) is 91.0 Å². The second-order valence-electron chi connectivity index (χ2n) is 11.0. The Bertz CT molecular complexity index is 2940. The second-order valence-corrected chi connectivity index (χ2v) is 12.4. The van der Waals surface area contributed by atoms with Crippen LogP contribution in [-0.2, 0) is 0 Å². The third-order valence-electron chi connectivity index (χ3n) is 8.65. The topological polar surface area (TPSA) is 67.6 Å². The molecule has 0 aliphatic heterocycles. The number of thiophene rings is 1. The molecule has 0 N–H and O–H groups in total. The maximum Gasteiger partial charge on any atom is 0.247 e. The van der Waals surface area contributed by atoms with Crippen LogP contribution in [0.1, 0.15) is 12.5 Å². The van der Waals surface area contributed by atoms with E-state index in [9.17, 15) is 5.26 Å². The number of allylic oxidation sites excluding steroid dienone is 1. The average molecular weight is 617 g/mol. The molecule has 4 heterocycles. The predicted octanol–water partition coefficient (Wildman–Crippen LogP) is 9.29. The molecule has 0 fully saturated rings. The Labute approximate surface area is 264 Å². The van der Waals surface area contributed by atoms with Gasteiger partial charge in [-0.25, -0.2) is 4.98 Å². The van der Waals surface area contributed by atoms with Gasteiger partial charge >= 0.3 is 0 Å². The highest BCUT2D eigenvalue weighted by atomic mass is 35.5. The molecule has 9 aromatic rings. The molecule has 4 aromatic heterocycles. The third kappa shape index (κ3) is 3.48. The number of rotatable bonds is 2. The third-order valence-corrected chi connectivity index (χ3v) is 10.1. The van der Waals surface area contributed by atoms with Gasteiger partial charge in [-0.3, -0.25) is 4.57 Å². The van der Waals surface area contributed by atoms with E-state index in [4.69, 9.17) is 21.0 Å². The highest BCUT2D eigenvalue weighted by Crippen LogP contribution is 2.45. The lowest BCUT2D eigenvalue weighted by Gasteiger charge is -2.10. The van der Waals surface area contributed by atoms with E-state index in [0.717, 1.165) is 36.9 Å². The number of benzene rings is 5. The van der Waals surface area contributed by atoms with Crippen molar-refractivity contribution in [3.8, 4) is 11.9 Å². The molecule has 0 spiro atoms. The number of aromatic nitrogens is 3. The predicted molar refractivity (Wildman–Crippen MR) is 188 cm³/mol. The Balaban J connectivity index is 1.55. The van der Waals surface area contributed by atoms with Gasteiger partial charge in [0.2, 0.25) is 5.71 Å². The number of nitriles is 1. The molecule has 0 atom stereocenters. The quantitative estimate of drug-likeness (QED) is 0.194. The fourth-order valence-electron chi connectivity index (χ4n) is 6.82. The summed E-state index contributed by atoms with van der Waals surface area (Å²) in [5.74, 6) is 0.496. The molecule has 0 aliphatic carbocycles. The summed E-state index contributed by atoms with van der Waals surface area (Å²) in [5, 5.41) is 20.9. The summed E-state index contributed by atoms with van der Waals surface area (Å²) in [5.41, 5.74) is 2.73. The minimum atomic E-state index is 0.207. The number of para-hydroxylation sites is 1. The Morgan fingerprint density at radius 2 is 1.64 bits per heavy atom. The maximum atomic E-state index is 9.70. The van der Waals surface area contributed by atoms with E-state index in [-0.39, 0.29) is 5.15 Å². The largest absolute Gasteiger partial charge is 0.435 e. The molecule has 5 aromatic carbocycles. The summed E-state index contributed by atoms with van der Waals surface area (Å²) in [4.78, 5) is 9.83. The van der Waals surface area contributed by atoms with Crippen molar-refractivity contribution >= 4 is 110 Å². The summed E-state index contributed by atoms with van der Waals surface area (Å²) in [6.45, 7) is 6.08. The van der Waals surface area contributed by atoms with E-state index < -0.39 is 0 Å². The van der Waals surface area contributed by atoms with Gasteiger partial charge in [0, 0.05) is 26.1 Å². The van der Waals surface area contributed by atoms with Crippen molar-refractivity contribution in [3.63, 3.8) is 0 Å². The first-order valence-electron chi connectivity index (χ1n) is 14.5. The van der Waals surface area contributed by atoms with E-state index in [1.807, 2.05) is 25.1 Å². The Hall–Kier alpha value is -5.48. The van der Waals surface area contributed by atoms with Gasteiger partial charge in [0.25, 0.3) is 0 Å². The van der Waals surface area contributed by atoms with Crippen molar-refractivity contribution in [1.29, 1.82) is 5.26 Å². The van der Waals surface area contributed by atoms with Gasteiger partial charge in [0.05, 0.1) is 26.5 Å². The SMILES string of the molecule is C=C/C=c1\c(=C/C)n(-c2nc3c(nc2Cl)oc2c(C#N)cccc23)c2c3sc4cc5ccccc5cc4c3c3ccccc3c12. The molecule has 0 bridgehead atoms. The van der Waals surface area contributed by atoms with Crippen LogP contribution in [0.3, 0.4) is 0 Å². The van der Waals surface area contributed by atoms with Crippen molar-refractivity contribution in [1.82, 2.24) is 14.5 Å². The zero-order valence-electron chi connectivity index (χ0n) is 23.9. The normalized spacial score (nSPS) is 13.0. The van der Waals surface area contributed by atoms with Crippen LogP contribution in [0.5, 0.6) is 0 Å². The van der Waals surface area contributed by atoms with Gasteiger partial charge < -0.3 is 4.42 Å².